The molecule has 0 unspecified atom stereocenters. The van der Waals surface area contributed by atoms with Gasteiger partial charge >= 0.3 is 0 Å². The lowest BCUT2D eigenvalue weighted by Crippen LogP contribution is -2.47. The quantitative estimate of drug-likeness (QED) is 0.499. The molecule has 5 rings (SSSR count). The van der Waals surface area contributed by atoms with Crippen molar-refractivity contribution in [2.75, 3.05) is 21.9 Å². The minimum Gasteiger partial charge on any atom is -0.322 e. The first kappa shape index (κ1) is 20.2. The Kier molecular flexibility index (Phi) is 4.90. The number of para-hydroxylation sites is 1. The van der Waals surface area contributed by atoms with Gasteiger partial charge in [0.2, 0.25) is 10.0 Å². The fraction of sp³-hybridized carbons (Fsp3) is 0.120. The number of nitrogens with zero attached hydrogens (tertiary/aromatic N) is 2. The fourth-order valence-electron chi connectivity index (χ4n) is 3.80. The monoisotopic (exact) mass is 443 g/mol. The van der Waals surface area contributed by atoms with E-state index in [1.165, 1.54) is 4.31 Å². The van der Waals surface area contributed by atoms with Crippen molar-refractivity contribution in [2.24, 2.45) is 0 Å². The van der Waals surface area contributed by atoms with Crippen LogP contribution in [0, 0.1) is 6.92 Å². The summed E-state index contributed by atoms with van der Waals surface area (Å²) in [4.78, 5) is 17.5. The molecule has 1 aromatic heterocycles. The number of carbonyl (C=O) groups is 1. The van der Waals surface area contributed by atoms with Gasteiger partial charge in [0.25, 0.3) is 5.91 Å². The molecule has 1 amide bonds. The number of rotatable bonds is 4. The average Bonchev–Trinajstić information content (AvgIpc) is 2.80. The maximum absolute atomic E-state index is 12.8. The minimum absolute atomic E-state index is 0.164. The number of anilines is 2. The van der Waals surface area contributed by atoms with Crippen molar-refractivity contribution in [1.82, 2.24) is 4.98 Å². The van der Waals surface area contributed by atoms with E-state index in [1.54, 1.807) is 24.3 Å². The standard InChI is InChI=1S/C25H21N3O3S/c1-17-6-10-20(16-22(17)24-13-9-18-4-2-3-5-23(18)27-24)26-25(29)19-7-11-21(12-8-19)28-14-15-32(28,30)31/h2-13,16H,14-15H2,1H3,(H,26,29). The Morgan fingerprint density at radius 3 is 2.47 bits per heavy atom. The van der Waals surface area contributed by atoms with E-state index in [9.17, 15) is 13.2 Å². The number of pyridine rings is 1. The van der Waals surface area contributed by atoms with Crippen LogP contribution in [0.2, 0.25) is 0 Å². The van der Waals surface area contributed by atoms with E-state index >= 15 is 0 Å². The van der Waals surface area contributed by atoms with Gasteiger partial charge in [0.15, 0.2) is 0 Å². The molecular weight excluding hydrogens is 422 g/mol. The number of sulfonamides is 1. The molecule has 6 nitrogen and oxygen atoms in total. The third-order valence-corrected chi connectivity index (χ3v) is 7.44. The summed E-state index contributed by atoms with van der Waals surface area (Å²) in [6.07, 6.45) is 0. The molecule has 0 spiro atoms. The fourth-order valence-corrected chi connectivity index (χ4v) is 4.90. The predicted molar refractivity (Wildman–Crippen MR) is 127 cm³/mol. The van der Waals surface area contributed by atoms with E-state index in [0.29, 0.717) is 23.5 Å². The average molecular weight is 444 g/mol. The van der Waals surface area contributed by atoms with Crippen LogP contribution in [0.5, 0.6) is 0 Å². The molecule has 160 valence electrons. The SMILES string of the molecule is Cc1ccc(NC(=O)c2ccc(N3CCS3(=O)=O)cc2)cc1-c1ccc2ccccc2n1. The van der Waals surface area contributed by atoms with E-state index < -0.39 is 10.0 Å². The molecule has 0 bridgehead atoms. The summed E-state index contributed by atoms with van der Waals surface area (Å²) in [6.45, 7) is 2.49. The highest BCUT2D eigenvalue weighted by Crippen LogP contribution is 2.28. The van der Waals surface area contributed by atoms with Crippen LogP contribution >= 0.6 is 0 Å². The molecule has 7 heteroatoms. The van der Waals surface area contributed by atoms with Crippen LogP contribution in [-0.2, 0) is 10.0 Å². The third kappa shape index (κ3) is 3.71. The largest absolute Gasteiger partial charge is 0.322 e. The van der Waals surface area contributed by atoms with E-state index in [0.717, 1.165) is 27.7 Å². The van der Waals surface area contributed by atoms with Gasteiger partial charge in [-0.2, -0.15) is 0 Å². The third-order valence-electron chi connectivity index (χ3n) is 5.68. The van der Waals surface area contributed by atoms with Crippen molar-refractivity contribution in [3.8, 4) is 11.3 Å². The summed E-state index contributed by atoms with van der Waals surface area (Å²) in [7, 11) is -3.18. The summed E-state index contributed by atoms with van der Waals surface area (Å²) >= 11 is 0. The maximum atomic E-state index is 12.8. The molecule has 0 radical (unpaired) electrons. The second-order valence-electron chi connectivity index (χ2n) is 7.81. The lowest BCUT2D eigenvalue weighted by Gasteiger charge is -2.32. The topological polar surface area (TPSA) is 79.4 Å². The van der Waals surface area contributed by atoms with Crippen LogP contribution < -0.4 is 9.62 Å². The number of hydrogen-bond donors (Lipinski definition) is 1. The zero-order valence-electron chi connectivity index (χ0n) is 17.4. The van der Waals surface area contributed by atoms with Gasteiger partial charge in [-0.1, -0.05) is 30.3 Å². The molecule has 1 saturated heterocycles. The Bertz CT molecular complexity index is 1450. The molecule has 3 aromatic carbocycles. The zero-order valence-corrected chi connectivity index (χ0v) is 18.3. The predicted octanol–water partition coefficient (Wildman–Crippen LogP) is 4.61. The lowest BCUT2D eigenvalue weighted by atomic mass is 10.0. The lowest BCUT2D eigenvalue weighted by molar-refractivity contribution is 0.102. The molecule has 0 atom stereocenters. The van der Waals surface area contributed by atoms with Crippen LogP contribution in [0.25, 0.3) is 22.2 Å². The van der Waals surface area contributed by atoms with E-state index in [2.05, 4.69) is 5.32 Å². The van der Waals surface area contributed by atoms with Crippen LogP contribution in [0.1, 0.15) is 15.9 Å². The number of benzene rings is 3. The van der Waals surface area contributed by atoms with Crippen LogP contribution in [0.3, 0.4) is 0 Å². The number of hydrogen-bond acceptors (Lipinski definition) is 4. The van der Waals surface area contributed by atoms with Gasteiger partial charge in [-0.25, -0.2) is 13.4 Å². The Labute approximate surface area is 186 Å². The molecule has 0 aliphatic carbocycles. The smallest absolute Gasteiger partial charge is 0.255 e. The summed E-state index contributed by atoms with van der Waals surface area (Å²) in [5.74, 6) is -0.0962. The molecule has 2 heterocycles. The second kappa shape index (κ2) is 7.76. The highest BCUT2D eigenvalue weighted by Gasteiger charge is 2.32. The van der Waals surface area contributed by atoms with Gasteiger partial charge in [0.05, 0.1) is 22.7 Å². The van der Waals surface area contributed by atoms with Crippen LogP contribution in [0.4, 0.5) is 11.4 Å². The number of aryl methyl sites for hydroxylation is 1. The first-order valence-electron chi connectivity index (χ1n) is 10.3. The van der Waals surface area contributed by atoms with E-state index in [4.69, 9.17) is 4.98 Å². The summed E-state index contributed by atoms with van der Waals surface area (Å²) < 4.78 is 24.9. The Morgan fingerprint density at radius 2 is 1.75 bits per heavy atom. The highest BCUT2D eigenvalue weighted by atomic mass is 32.2. The van der Waals surface area contributed by atoms with Gasteiger partial charge in [-0.05, 0) is 61.0 Å². The van der Waals surface area contributed by atoms with Gasteiger partial charge < -0.3 is 5.32 Å². The van der Waals surface area contributed by atoms with E-state index in [-0.39, 0.29) is 11.7 Å². The van der Waals surface area contributed by atoms with Gasteiger partial charge in [-0.15, -0.1) is 0 Å². The Morgan fingerprint density at radius 1 is 0.969 bits per heavy atom. The number of fused-ring (bicyclic) bond motifs is 1. The van der Waals surface area contributed by atoms with Crippen LogP contribution in [0.15, 0.2) is 78.9 Å². The van der Waals surface area contributed by atoms with Crippen molar-refractivity contribution in [1.29, 1.82) is 0 Å². The van der Waals surface area contributed by atoms with Gasteiger partial charge in [0, 0.05) is 28.7 Å². The molecule has 1 aliphatic rings. The first-order chi connectivity index (χ1) is 15.4. The number of amides is 1. The molecule has 1 fully saturated rings. The van der Waals surface area contributed by atoms with Gasteiger partial charge in [-0.3, -0.25) is 9.10 Å². The summed E-state index contributed by atoms with van der Waals surface area (Å²) in [6, 6.07) is 24.3. The number of carbonyl (C=O) groups excluding carboxylic acids is 1. The summed E-state index contributed by atoms with van der Waals surface area (Å²) in [5, 5.41) is 4.00. The van der Waals surface area contributed by atoms with E-state index in [1.807, 2.05) is 61.5 Å². The maximum Gasteiger partial charge on any atom is 0.255 e. The second-order valence-corrected chi connectivity index (χ2v) is 9.82. The van der Waals surface area contributed by atoms with Crippen molar-refractivity contribution in [3.63, 3.8) is 0 Å². The Hall–Kier alpha value is -3.71. The molecule has 1 N–H and O–H groups in total. The molecule has 0 saturated carbocycles. The number of nitrogens with one attached hydrogen (secondary N) is 1. The van der Waals surface area contributed by atoms with Crippen molar-refractivity contribution in [2.45, 2.75) is 6.92 Å². The molecular formula is C25H21N3O3S. The highest BCUT2D eigenvalue weighted by molar-refractivity contribution is 7.94. The van der Waals surface area contributed by atoms with Crippen LogP contribution in [-0.4, -0.2) is 31.6 Å². The number of aromatic nitrogens is 1. The summed E-state index contributed by atoms with van der Waals surface area (Å²) in [5.41, 5.74) is 5.48. The normalized spacial score (nSPS) is 14.7. The first-order valence-corrected chi connectivity index (χ1v) is 11.9. The van der Waals surface area contributed by atoms with Crippen molar-refractivity contribution < 1.29 is 13.2 Å². The van der Waals surface area contributed by atoms with Crippen molar-refractivity contribution >= 4 is 38.2 Å². The zero-order chi connectivity index (χ0) is 22.3. The molecule has 1 aliphatic heterocycles. The minimum atomic E-state index is -3.18. The Balaban J connectivity index is 1.38. The molecule has 32 heavy (non-hydrogen) atoms. The molecule has 4 aromatic rings. The van der Waals surface area contributed by atoms with Crippen molar-refractivity contribution in [3.05, 3.63) is 90.0 Å². The van der Waals surface area contributed by atoms with Gasteiger partial charge in [0.1, 0.15) is 0 Å².